The maximum atomic E-state index is 15.0. The molecule has 0 spiro atoms. The summed E-state index contributed by atoms with van der Waals surface area (Å²) < 4.78 is 88.1. The Balaban J connectivity index is 2.20. The van der Waals surface area contributed by atoms with Gasteiger partial charge >= 0.3 is 0 Å². The van der Waals surface area contributed by atoms with Crippen molar-refractivity contribution in [2.75, 3.05) is 0 Å². The number of allylic oxidation sites excluding steroid dienone is 6. The van der Waals surface area contributed by atoms with Crippen LogP contribution in [0.3, 0.4) is 0 Å². The van der Waals surface area contributed by atoms with E-state index in [1.807, 2.05) is 0 Å². The van der Waals surface area contributed by atoms with Crippen molar-refractivity contribution in [3.05, 3.63) is 121 Å². The Labute approximate surface area is 228 Å². The minimum absolute atomic E-state index is 0.114. The van der Waals surface area contributed by atoms with Crippen LogP contribution >= 0.6 is 0 Å². The van der Waals surface area contributed by atoms with Gasteiger partial charge in [0, 0.05) is 33.4 Å². The Bertz CT molecular complexity index is 1910. The van der Waals surface area contributed by atoms with Gasteiger partial charge in [0.05, 0.1) is 27.8 Å². The summed E-state index contributed by atoms with van der Waals surface area (Å²) in [6.45, 7) is 1.25. The van der Waals surface area contributed by atoms with Gasteiger partial charge in [0.15, 0.2) is 0 Å². The summed E-state index contributed by atoms with van der Waals surface area (Å²) in [5.41, 5.74) is -6.85. The van der Waals surface area contributed by atoms with E-state index < -0.39 is 96.2 Å². The average molecular weight is 553 g/mol. The number of benzene rings is 3. The van der Waals surface area contributed by atoms with Crippen LogP contribution in [0.15, 0.2) is 53.1 Å². The fourth-order valence-corrected chi connectivity index (χ4v) is 4.18. The highest BCUT2D eigenvalue weighted by Gasteiger charge is 2.43. The van der Waals surface area contributed by atoms with Crippen LogP contribution in [-0.4, -0.2) is 0 Å². The van der Waals surface area contributed by atoms with Crippen LogP contribution in [-0.2, 0) is 0 Å². The van der Waals surface area contributed by atoms with Gasteiger partial charge < -0.3 is 0 Å². The molecule has 5 nitrogen and oxygen atoms in total. The van der Waals surface area contributed by atoms with E-state index in [0.29, 0.717) is 30.3 Å². The molecule has 1 aliphatic carbocycles. The lowest BCUT2D eigenvalue weighted by atomic mass is 10.0. The lowest BCUT2D eigenvalue weighted by Crippen LogP contribution is -1.95. The van der Waals surface area contributed by atoms with Crippen molar-refractivity contribution in [2.24, 2.45) is 0 Å². The van der Waals surface area contributed by atoms with E-state index in [4.69, 9.17) is 10.5 Å². The highest BCUT2D eigenvalue weighted by atomic mass is 19.1. The summed E-state index contributed by atoms with van der Waals surface area (Å²) in [7, 11) is 0. The zero-order chi connectivity index (χ0) is 30.2. The molecule has 3 aromatic rings. The number of aryl methyl sites for hydroxylation is 1. The lowest BCUT2D eigenvalue weighted by Gasteiger charge is -2.04. The Morgan fingerprint density at radius 3 is 1.10 bits per heavy atom. The molecule has 0 unspecified atom stereocenters. The summed E-state index contributed by atoms with van der Waals surface area (Å²) >= 11 is 0. The predicted octanol–water partition coefficient (Wildman–Crippen LogP) is 6.82. The smallest absolute Gasteiger partial charge is 0.141 e. The molecule has 0 aromatic heterocycles. The first kappa shape index (κ1) is 27.9. The third-order valence-electron chi connectivity index (χ3n) is 6.18. The third-order valence-corrected chi connectivity index (χ3v) is 6.18. The summed E-state index contributed by atoms with van der Waals surface area (Å²) in [4.78, 5) is 0. The van der Waals surface area contributed by atoms with Crippen LogP contribution in [0.4, 0.5) is 26.3 Å². The van der Waals surface area contributed by atoms with E-state index in [9.17, 15) is 42.1 Å². The van der Waals surface area contributed by atoms with Crippen molar-refractivity contribution in [3.63, 3.8) is 0 Å². The fourth-order valence-electron chi connectivity index (χ4n) is 4.18. The van der Waals surface area contributed by atoms with Gasteiger partial charge in [-0.1, -0.05) is 0 Å². The lowest BCUT2D eigenvalue weighted by molar-refractivity contribution is 0.590. The van der Waals surface area contributed by atoms with Crippen LogP contribution in [0.5, 0.6) is 0 Å². The third kappa shape index (κ3) is 4.68. The quantitative estimate of drug-likeness (QED) is 0.261. The van der Waals surface area contributed by atoms with Crippen molar-refractivity contribution in [1.82, 2.24) is 0 Å². The zero-order valence-electron chi connectivity index (χ0n) is 20.5. The Kier molecular flexibility index (Phi) is 7.21. The molecular weight excluding hydrogens is 544 g/mol. The van der Waals surface area contributed by atoms with E-state index in [1.54, 1.807) is 18.2 Å². The highest BCUT2D eigenvalue weighted by Crippen LogP contribution is 2.56. The number of rotatable bonds is 3. The van der Waals surface area contributed by atoms with Gasteiger partial charge in [0.1, 0.15) is 65.2 Å². The van der Waals surface area contributed by atoms with E-state index in [1.165, 1.54) is 19.1 Å². The molecule has 0 heterocycles. The first-order valence-electron chi connectivity index (χ1n) is 11.2. The van der Waals surface area contributed by atoms with E-state index in [-0.39, 0.29) is 5.56 Å². The van der Waals surface area contributed by atoms with Gasteiger partial charge in [-0.25, -0.2) is 26.3 Å². The fraction of sp³-hybridized carbons (Fsp3) is 0.0333. The molecule has 3 aromatic carbocycles. The molecular formula is C30H9F6N5. The van der Waals surface area contributed by atoms with Crippen LogP contribution in [0.25, 0.3) is 16.7 Å². The first-order chi connectivity index (χ1) is 19.5. The molecule has 0 saturated heterocycles. The molecule has 0 atom stereocenters. The maximum Gasteiger partial charge on any atom is 0.141 e. The minimum atomic E-state index is -1.25. The van der Waals surface area contributed by atoms with Crippen LogP contribution in [0.1, 0.15) is 33.4 Å². The molecule has 1 aliphatic rings. The highest BCUT2D eigenvalue weighted by molar-refractivity contribution is 6.12. The average Bonchev–Trinajstić information content (AvgIpc) is 3.65. The minimum Gasteiger partial charge on any atom is -0.207 e. The van der Waals surface area contributed by atoms with Gasteiger partial charge in [0.25, 0.3) is 0 Å². The number of nitriles is 5. The molecule has 0 amide bonds. The molecule has 41 heavy (non-hydrogen) atoms. The second kappa shape index (κ2) is 10.6. The van der Waals surface area contributed by atoms with E-state index >= 15 is 0 Å². The summed E-state index contributed by atoms with van der Waals surface area (Å²) in [5.74, 6) is -6.95. The van der Waals surface area contributed by atoms with E-state index in [0.717, 1.165) is 6.07 Å². The number of nitrogens with zero attached hydrogens (tertiary/aromatic N) is 5. The monoisotopic (exact) mass is 553 g/mol. The maximum absolute atomic E-state index is 15.0. The standard InChI is InChI=1S/C30H9F6N5/c1-13-2-25(34)16(5-22(13)31)19(10-39)28-29(20(11-40)17-6-23(32)14(8-37)3-26(17)35)30(28)21(12-41)18-7-24(33)15(9-38)4-27(18)36/h2-7H,1H3/b28-19-,29-20?,30-21-. The van der Waals surface area contributed by atoms with Crippen molar-refractivity contribution in [3.8, 4) is 30.3 Å². The first-order valence-corrected chi connectivity index (χ1v) is 11.2. The van der Waals surface area contributed by atoms with Crippen molar-refractivity contribution in [2.45, 2.75) is 6.92 Å². The van der Waals surface area contributed by atoms with Crippen LogP contribution in [0.2, 0.25) is 0 Å². The second-order valence-electron chi connectivity index (χ2n) is 8.51. The summed E-state index contributed by atoms with van der Waals surface area (Å²) in [6, 6.07) is 11.2. The largest absolute Gasteiger partial charge is 0.207 e. The van der Waals surface area contributed by atoms with Crippen LogP contribution < -0.4 is 0 Å². The second-order valence-corrected chi connectivity index (χ2v) is 8.51. The van der Waals surface area contributed by atoms with Gasteiger partial charge in [0.2, 0.25) is 0 Å². The molecule has 1 saturated carbocycles. The Morgan fingerprint density at radius 2 is 0.780 bits per heavy atom. The predicted molar refractivity (Wildman–Crippen MR) is 131 cm³/mol. The summed E-state index contributed by atoms with van der Waals surface area (Å²) in [6.07, 6.45) is 0. The van der Waals surface area contributed by atoms with Gasteiger partial charge in [-0.15, -0.1) is 0 Å². The van der Waals surface area contributed by atoms with Gasteiger partial charge in [-0.2, -0.15) is 26.3 Å². The number of hydrogen-bond donors (Lipinski definition) is 0. The van der Waals surface area contributed by atoms with Gasteiger partial charge in [-0.05, 0) is 48.9 Å². The van der Waals surface area contributed by atoms with Crippen molar-refractivity contribution in [1.29, 1.82) is 26.3 Å². The molecule has 0 aliphatic heterocycles. The molecule has 0 radical (unpaired) electrons. The normalized spacial score (nSPS) is 15.5. The molecule has 1 fully saturated rings. The Morgan fingerprint density at radius 1 is 0.463 bits per heavy atom. The molecule has 0 bridgehead atoms. The number of halogens is 6. The van der Waals surface area contributed by atoms with Crippen LogP contribution in [0, 0.1) is 98.5 Å². The van der Waals surface area contributed by atoms with Gasteiger partial charge in [-0.3, -0.25) is 0 Å². The topological polar surface area (TPSA) is 119 Å². The number of hydrogen-bond acceptors (Lipinski definition) is 5. The SMILES string of the molecule is Cc1cc(F)c(/C(C#N)=C2/C(=C(C#N)c3cc(F)c(C#N)cc3F)/C2=C(/C#N)c2cc(F)c(C#N)cc2F)cc1F. The van der Waals surface area contributed by atoms with Crippen molar-refractivity contribution >= 4 is 16.7 Å². The van der Waals surface area contributed by atoms with E-state index in [2.05, 4.69) is 0 Å². The zero-order valence-corrected chi connectivity index (χ0v) is 20.5. The van der Waals surface area contributed by atoms with Crippen molar-refractivity contribution < 1.29 is 26.3 Å². The molecule has 4 rings (SSSR count). The summed E-state index contributed by atoms with van der Waals surface area (Å²) in [5, 5.41) is 47.8. The Hall–Kier alpha value is -6.09. The molecule has 196 valence electrons. The molecule has 11 heteroatoms. The molecule has 0 N–H and O–H groups in total.